The van der Waals surface area contributed by atoms with Gasteiger partial charge >= 0.3 is 0 Å². The van der Waals surface area contributed by atoms with Crippen LogP contribution in [0.2, 0.25) is 0 Å². The molecule has 1 aliphatic rings. The van der Waals surface area contributed by atoms with E-state index < -0.39 is 12.3 Å². The van der Waals surface area contributed by atoms with Gasteiger partial charge in [-0.05, 0) is 47.4 Å². The number of hydrogen-bond donors (Lipinski definition) is 0. The van der Waals surface area contributed by atoms with Gasteiger partial charge in [-0.3, -0.25) is 0 Å². The van der Waals surface area contributed by atoms with Crippen LogP contribution in [0, 0.1) is 0 Å². The lowest BCUT2D eigenvalue weighted by atomic mass is 9.79. The number of rotatable bonds is 3. The second-order valence-electron chi connectivity index (χ2n) is 6.24. The molecule has 1 saturated carbocycles. The lowest BCUT2D eigenvalue weighted by Gasteiger charge is -2.29. The lowest BCUT2D eigenvalue weighted by molar-refractivity contribution is 0.142. The van der Waals surface area contributed by atoms with Crippen molar-refractivity contribution < 1.29 is 8.78 Å². The summed E-state index contributed by atoms with van der Waals surface area (Å²) >= 11 is 0. The van der Waals surface area contributed by atoms with Gasteiger partial charge in [-0.15, -0.1) is 0 Å². The van der Waals surface area contributed by atoms with Crippen molar-refractivity contribution in [3.05, 3.63) is 59.7 Å². The van der Waals surface area contributed by atoms with Crippen LogP contribution in [0.25, 0.3) is 11.1 Å². The van der Waals surface area contributed by atoms with Crippen LogP contribution in [0.15, 0.2) is 48.5 Å². The predicted molar refractivity (Wildman–Crippen MR) is 87.6 cm³/mol. The Bertz CT molecular complexity index is 608. The Hall–Kier alpha value is -1.70. The van der Waals surface area contributed by atoms with Crippen molar-refractivity contribution in [2.24, 2.45) is 0 Å². The third-order valence-corrected chi connectivity index (χ3v) is 4.67. The Balaban J connectivity index is 1.95. The highest BCUT2D eigenvalue weighted by molar-refractivity contribution is 5.68. The van der Waals surface area contributed by atoms with Crippen molar-refractivity contribution >= 4 is 0 Å². The van der Waals surface area contributed by atoms with Crippen molar-refractivity contribution in [2.75, 3.05) is 0 Å². The molecule has 2 atom stereocenters. The van der Waals surface area contributed by atoms with Gasteiger partial charge in [-0.25, -0.2) is 8.78 Å². The zero-order valence-corrected chi connectivity index (χ0v) is 12.9. The highest BCUT2D eigenvalue weighted by atomic mass is 19.1. The normalized spacial score (nSPS) is 25.1. The first-order valence-electron chi connectivity index (χ1n) is 8.13. The van der Waals surface area contributed by atoms with E-state index in [2.05, 4.69) is 37.3 Å². The molecule has 0 N–H and O–H groups in total. The minimum Gasteiger partial charge on any atom is -0.247 e. The molecule has 3 rings (SSSR count). The molecular formula is C20H22F2. The van der Waals surface area contributed by atoms with Gasteiger partial charge in [0.25, 0.3) is 0 Å². The van der Waals surface area contributed by atoms with Crippen molar-refractivity contribution in [3.8, 4) is 11.1 Å². The molecule has 0 saturated heterocycles. The first kappa shape index (κ1) is 15.2. The number of aryl methyl sites for hydroxylation is 1. The minimum atomic E-state index is -1.02. The molecule has 22 heavy (non-hydrogen) atoms. The average Bonchev–Trinajstić information content (AvgIpc) is 2.54. The van der Waals surface area contributed by atoms with Crippen molar-refractivity contribution in [1.82, 2.24) is 0 Å². The Labute approximate surface area is 131 Å². The van der Waals surface area contributed by atoms with E-state index in [9.17, 15) is 8.78 Å². The topological polar surface area (TPSA) is 0 Å². The van der Waals surface area contributed by atoms with E-state index in [1.165, 1.54) is 5.56 Å². The summed E-state index contributed by atoms with van der Waals surface area (Å²) < 4.78 is 27.5. The molecular weight excluding hydrogens is 278 g/mol. The van der Waals surface area contributed by atoms with Crippen LogP contribution >= 0.6 is 0 Å². The van der Waals surface area contributed by atoms with Gasteiger partial charge in [0.1, 0.15) is 12.3 Å². The fraction of sp³-hybridized carbons (Fsp3) is 0.400. The summed E-state index contributed by atoms with van der Waals surface area (Å²) in [7, 11) is 0. The number of hydrogen-bond acceptors (Lipinski definition) is 0. The highest BCUT2D eigenvalue weighted by Gasteiger charge is 2.30. The van der Waals surface area contributed by atoms with Crippen LogP contribution in [0.1, 0.15) is 43.2 Å². The van der Waals surface area contributed by atoms with Crippen LogP contribution in [0.3, 0.4) is 0 Å². The van der Waals surface area contributed by atoms with Gasteiger partial charge in [-0.2, -0.15) is 0 Å². The Morgan fingerprint density at radius 3 is 2.14 bits per heavy atom. The van der Waals surface area contributed by atoms with Crippen LogP contribution in [-0.2, 0) is 6.42 Å². The zero-order valence-electron chi connectivity index (χ0n) is 12.9. The molecule has 0 bridgehead atoms. The van der Waals surface area contributed by atoms with E-state index in [1.807, 2.05) is 18.2 Å². The molecule has 1 aliphatic carbocycles. The van der Waals surface area contributed by atoms with Gasteiger partial charge in [0.2, 0.25) is 0 Å². The Morgan fingerprint density at radius 1 is 0.864 bits per heavy atom. The first-order valence-corrected chi connectivity index (χ1v) is 8.13. The predicted octanol–water partition coefficient (Wildman–Crippen LogP) is 5.86. The summed E-state index contributed by atoms with van der Waals surface area (Å²) in [6.45, 7) is 2.13. The average molecular weight is 300 g/mol. The molecule has 0 aliphatic heterocycles. The molecule has 1 fully saturated rings. The third-order valence-electron chi connectivity index (χ3n) is 4.67. The van der Waals surface area contributed by atoms with Crippen molar-refractivity contribution in [2.45, 2.75) is 50.9 Å². The molecule has 2 aromatic carbocycles. The molecule has 2 heteroatoms. The van der Waals surface area contributed by atoms with Crippen LogP contribution in [0.5, 0.6) is 0 Å². The monoisotopic (exact) mass is 300 g/mol. The van der Waals surface area contributed by atoms with E-state index in [0.717, 1.165) is 23.1 Å². The maximum Gasteiger partial charge on any atom is 0.103 e. The summed E-state index contributed by atoms with van der Waals surface area (Å²) in [6, 6.07) is 16.5. The molecule has 0 nitrogen and oxygen atoms in total. The van der Waals surface area contributed by atoms with Crippen molar-refractivity contribution in [1.29, 1.82) is 0 Å². The van der Waals surface area contributed by atoms with Crippen molar-refractivity contribution in [3.63, 3.8) is 0 Å². The fourth-order valence-electron chi connectivity index (χ4n) is 3.47. The second-order valence-corrected chi connectivity index (χ2v) is 6.24. The van der Waals surface area contributed by atoms with Gasteiger partial charge in [0.05, 0.1) is 0 Å². The van der Waals surface area contributed by atoms with Crippen LogP contribution in [-0.4, -0.2) is 12.3 Å². The first-order chi connectivity index (χ1) is 10.7. The third kappa shape index (κ3) is 3.21. The molecule has 0 amide bonds. The molecule has 2 aromatic rings. The maximum atomic E-state index is 13.8. The van der Waals surface area contributed by atoms with E-state index in [0.29, 0.717) is 12.8 Å². The summed E-state index contributed by atoms with van der Waals surface area (Å²) in [5.41, 5.74) is 4.61. The summed E-state index contributed by atoms with van der Waals surface area (Å²) in [5.74, 6) is -0.0270. The van der Waals surface area contributed by atoms with Gasteiger partial charge < -0.3 is 0 Å². The largest absolute Gasteiger partial charge is 0.247 e. The molecule has 0 heterocycles. The standard InChI is InChI=1S/C20H22F2/c1-2-14-7-9-15(10-8-14)19-5-3-4-6-20(19)16-11-17(21)13-18(22)12-16/h3-10,16-18H,2,11-13H2,1H3. The molecule has 0 aromatic heterocycles. The van der Waals surface area contributed by atoms with E-state index in [-0.39, 0.29) is 12.3 Å². The van der Waals surface area contributed by atoms with Gasteiger partial charge in [0, 0.05) is 6.42 Å². The summed E-state index contributed by atoms with van der Waals surface area (Å²) in [5, 5.41) is 0. The Kier molecular flexibility index (Phi) is 4.56. The number of benzene rings is 2. The second kappa shape index (κ2) is 6.60. The zero-order chi connectivity index (χ0) is 15.5. The quantitative estimate of drug-likeness (QED) is 0.666. The number of alkyl halides is 2. The number of halogens is 2. The van der Waals surface area contributed by atoms with E-state index in [1.54, 1.807) is 0 Å². The van der Waals surface area contributed by atoms with Crippen LogP contribution in [0.4, 0.5) is 8.78 Å². The highest BCUT2D eigenvalue weighted by Crippen LogP contribution is 2.40. The smallest absolute Gasteiger partial charge is 0.103 e. The van der Waals surface area contributed by atoms with Crippen LogP contribution < -0.4 is 0 Å². The molecule has 116 valence electrons. The Morgan fingerprint density at radius 2 is 1.50 bits per heavy atom. The fourth-order valence-corrected chi connectivity index (χ4v) is 3.47. The summed E-state index contributed by atoms with van der Waals surface area (Å²) in [6.07, 6.45) is -0.107. The van der Waals surface area contributed by atoms with Gasteiger partial charge in [0.15, 0.2) is 0 Å². The minimum absolute atomic E-state index is 0.0270. The maximum absolute atomic E-state index is 13.8. The molecule has 0 spiro atoms. The summed E-state index contributed by atoms with van der Waals surface area (Å²) in [4.78, 5) is 0. The molecule has 0 radical (unpaired) electrons. The lowest BCUT2D eigenvalue weighted by Crippen LogP contribution is -2.23. The SMILES string of the molecule is CCc1ccc(-c2ccccc2C2CC(F)CC(F)C2)cc1. The van der Waals surface area contributed by atoms with E-state index >= 15 is 0 Å². The van der Waals surface area contributed by atoms with Gasteiger partial charge in [-0.1, -0.05) is 55.5 Å². The van der Waals surface area contributed by atoms with E-state index in [4.69, 9.17) is 0 Å². The molecule has 2 unspecified atom stereocenters.